The first-order chi connectivity index (χ1) is 9.47. The highest BCUT2D eigenvalue weighted by atomic mass is 35.5. The highest BCUT2D eigenvalue weighted by molar-refractivity contribution is 6.30. The first-order valence-corrected chi connectivity index (χ1v) is 6.50. The van der Waals surface area contributed by atoms with Gasteiger partial charge in [-0.2, -0.15) is 0 Å². The number of aliphatic hydroxyl groups excluding tert-OH is 1. The van der Waals surface area contributed by atoms with Crippen molar-refractivity contribution in [1.29, 1.82) is 0 Å². The Labute approximate surface area is 121 Å². The van der Waals surface area contributed by atoms with Crippen LogP contribution in [-0.4, -0.2) is 45.7 Å². The molecule has 0 aromatic heterocycles. The van der Waals surface area contributed by atoms with E-state index in [2.05, 4.69) is 0 Å². The number of hydrogen-bond acceptors (Lipinski definition) is 3. The molecule has 0 bridgehead atoms. The van der Waals surface area contributed by atoms with E-state index in [1.807, 2.05) is 0 Å². The monoisotopic (exact) mass is 295 g/mol. The number of halogens is 1. The van der Waals surface area contributed by atoms with E-state index in [-0.39, 0.29) is 13.0 Å². The number of aliphatic carboxylic acids is 1. The number of nitrogens with zero attached hydrogens (tertiary/aromatic N) is 1. The van der Waals surface area contributed by atoms with E-state index in [0.717, 1.165) is 10.5 Å². The van der Waals surface area contributed by atoms with Crippen LogP contribution in [0.15, 0.2) is 30.3 Å². The van der Waals surface area contributed by atoms with Gasteiger partial charge >= 0.3 is 5.97 Å². The molecular formula is C14H14ClNO4. The molecule has 1 aromatic carbocycles. The third-order valence-electron chi connectivity index (χ3n) is 3.11. The average Bonchev–Trinajstić information content (AvgIpc) is 2.78. The van der Waals surface area contributed by atoms with Crippen LogP contribution in [0.2, 0.25) is 5.02 Å². The molecule has 1 aromatic rings. The van der Waals surface area contributed by atoms with Gasteiger partial charge in [-0.1, -0.05) is 23.7 Å². The van der Waals surface area contributed by atoms with Gasteiger partial charge < -0.3 is 15.1 Å². The molecular weight excluding hydrogens is 282 g/mol. The van der Waals surface area contributed by atoms with Gasteiger partial charge in [0.15, 0.2) is 0 Å². The summed E-state index contributed by atoms with van der Waals surface area (Å²) in [6.07, 6.45) is 2.13. The minimum absolute atomic E-state index is 0.0374. The van der Waals surface area contributed by atoms with Crippen LogP contribution >= 0.6 is 11.6 Å². The molecule has 2 unspecified atom stereocenters. The maximum Gasteiger partial charge on any atom is 0.326 e. The molecule has 1 amide bonds. The van der Waals surface area contributed by atoms with Crippen molar-refractivity contribution < 1.29 is 19.8 Å². The van der Waals surface area contributed by atoms with Crippen LogP contribution in [0.5, 0.6) is 0 Å². The molecule has 0 radical (unpaired) electrons. The lowest BCUT2D eigenvalue weighted by molar-refractivity contribution is -0.146. The standard InChI is InChI=1S/C14H14ClNO4/c15-10-3-1-2-9(6-10)4-5-13(18)16-8-11(17)7-12(16)14(19)20/h1-6,11-12,17H,7-8H2,(H,19,20)/b5-4+. The molecule has 5 nitrogen and oxygen atoms in total. The van der Waals surface area contributed by atoms with Crippen LogP contribution in [0, 0.1) is 0 Å². The van der Waals surface area contributed by atoms with Crippen LogP contribution in [0.4, 0.5) is 0 Å². The SMILES string of the molecule is O=C(O)C1CC(O)CN1C(=O)/C=C/c1cccc(Cl)c1. The zero-order chi connectivity index (χ0) is 14.7. The molecule has 106 valence electrons. The summed E-state index contributed by atoms with van der Waals surface area (Å²) in [6, 6.07) is 5.98. The van der Waals surface area contributed by atoms with Crippen molar-refractivity contribution in [3.8, 4) is 0 Å². The van der Waals surface area contributed by atoms with Gasteiger partial charge in [-0.15, -0.1) is 0 Å². The number of rotatable bonds is 3. The molecule has 0 spiro atoms. The lowest BCUT2D eigenvalue weighted by Crippen LogP contribution is -2.39. The summed E-state index contributed by atoms with van der Waals surface area (Å²) in [6.45, 7) is 0.0374. The maximum atomic E-state index is 12.0. The third kappa shape index (κ3) is 3.37. The van der Waals surface area contributed by atoms with Gasteiger partial charge in [0, 0.05) is 24.1 Å². The summed E-state index contributed by atoms with van der Waals surface area (Å²) in [4.78, 5) is 24.2. The van der Waals surface area contributed by atoms with Crippen molar-refractivity contribution in [2.45, 2.75) is 18.6 Å². The fourth-order valence-electron chi connectivity index (χ4n) is 2.16. The average molecular weight is 296 g/mol. The summed E-state index contributed by atoms with van der Waals surface area (Å²) < 4.78 is 0. The smallest absolute Gasteiger partial charge is 0.326 e. The van der Waals surface area contributed by atoms with E-state index >= 15 is 0 Å². The van der Waals surface area contributed by atoms with Gasteiger partial charge in [-0.05, 0) is 23.8 Å². The number of carbonyl (C=O) groups is 2. The van der Waals surface area contributed by atoms with E-state index in [4.69, 9.17) is 16.7 Å². The van der Waals surface area contributed by atoms with Gasteiger partial charge in [-0.25, -0.2) is 4.79 Å². The number of carboxylic acid groups (broad SMARTS) is 1. The quantitative estimate of drug-likeness (QED) is 0.826. The van der Waals surface area contributed by atoms with E-state index in [1.165, 1.54) is 6.08 Å². The van der Waals surface area contributed by atoms with Crippen molar-refractivity contribution in [2.75, 3.05) is 6.54 Å². The molecule has 1 fully saturated rings. The van der Waals surface area contributed by atoms with Crippen LogP contribution in [0.25, 0.3) is 6.08 Å². The Balaban J connectivity index is 2.09. The van der Waals surface area contributed by atoms with Gasteiger partial charge in [0.25, 0.3) is 0 Å². The normalized spacial score (nSPS) is 22.4. The second kappa shape index (κ2) is 6.07. The summed E-state index contributed by atoms with van der Waals surface area (Å²) in [5.41, 5.74) is 0.748. The van der Waals surface area contributed by atoms with Crippen molar-refractivity contribution in [1.82, 2.24) is 4.90 Å². The summed E-state index contributed by atoms with van der Waals surface area (Å²) in [5, 5.41) is 19.1. The van der Waals surface area contributed by atoms with Gasteiger partial charge in [0.2, 0.25) is 5.91 Å². The molecule has 2 N–H and O–H groups in total. The Morgan fingerprint density at radius 1 is 1.40 bits per heavy atom. The summed E-state index contributed by atoms with van der Waals surface area (Å²) >= 11 is 5.83. The van der Waals surface area contributed by atoms with E-state index in [1.54, 1.807) is 30.3 Å². The minimum atomic E-state index is -1.11. The molecule has 1 aliphatic rings. The van der Waals surface area contributed by atoms with Gasteiger partial charge in [-0.3, -0.25) is 4.79 Å². The Morgan fingerprint density at radius 3 is 2.80 bits per heavy atom. The first kappa shape index (κ1) is 14.6. The molecule has 1 aliphatic heterocycles. The number of carboxylic acids is 1. The molecule has 0 aliphatic carbocycles. The number of benzene rings is 1. The van der Waals surface area contributed by atoms with E-state index < -0.39 is 24.0 Å². The number of β-amino-alcohol motifs (C(OH)–C–C–N with tert-alkyl or cyclic N) is 1. The zero-order valence-corrected chi connectivity index (χ0v) is 11.3. The van der Waals surface area contributed by atoms with Crippen LogP contribution in [0.3, 0.4) is 0 Å². The second-order valence-corrected chi connectivity index (χ2v) is 5.06. The van der Waals surface area contributed by atoms with Crippen LogP contribution < -0.4 is 0 Å². The van der Waals surface area contributed by atoms with Crippen molar-refractivity contribution >= 4 is 29.6 Å². The highest BCUT2D eigenvalue weighted by Gasteiger charge is 2.37. The molecule has 1 saturated heterocycles. The second-order valence-electron chi connectivity index (χ2n) is 4.62. The predicted molar refractivity (Wildman–Crippen MR) is 74.2 cm³/mol. The lowest BCUT2D eigenvalue weighted by Gasteiger charge is -2.19. The van der Waals surface area contributed by atoms with Crippen LogP contribution in [-0.2, 0) is 9.59 Å². The molecule has 2 atom stereocenters. The number of likely N-dealkylation sites (tertiary alicyclic amines) is 1. The predicted octanol–water partition coefficient (Wildman–Crippen LogP) is 1.40. The Bertz CT molecular complexity index is 558. The number of aliphatic hydroxyl groups is 1. The van der Waals surface area contributed by atoms with Crippen molar-refractivity contribution in [3.63, 3.8) is 0 Å². The fraction of sp³-hybridized carbons (Fsp3) is 0.286. The van der Waals surface area contributed by atoms with Crippen LogP contribution in [0.1, 0.15) is 12.0 Å². The molecule has 0 saturated carbocycles. The molecule has 2 rings (SSSR count). The van der Waals surface area contributed by atoms with Crippen molar-refractivity contribution in [3.05, 3.63) is 40.9 Å². The summed E-state index contributed by atoms with van der Waals surface area (Å²) in [5.74, 6) is -1.54. The number of amides is 1. The van der Waals surface area contributed by atoms with Gasteiger partial charge in [0.1, 0.15) is 6.04 Å². The first-order valence-electron chi connectivity index (χ1n) is 6.12. The van der Waals surface area contributed by atoms with E-state index in [9.17, 15) is 14.7 Å². The Morgan fingerprint density at radius 2 is 2.15 bits per heavy atom. The zero-order valence-electron chi connectivity index (χ0n) is 10.6. The topological polar surface area (TPSA) is 77.8 Å². The fourth-order valence-corrected chi connectivity index (χ4v) is 2.36. The largest absolute Gasteiger partial charge is 0.480 e. The molecule has 6 heteroatoms. The third-order valence-corrected chi connectivity index (χ3v) is 3.35. The van der Waals surface area contributed by atoms with Gasteiger partial charge in [0.05, 0.1) is 6.10 Å². The number of carbonyl (C=O) groups excluding carboxylic acids is 1. The maximum absolute atomic E-state index is 12.0. The highest BCUT2D eigenvalue weighted by Crippen LogP contribution is 2.19. The van der Waals surface area contributed by atoms with Crippen molar-refractivity contribution in [2.24, 2.45) is 0 Å². The Hall–Kier alpha value is -1.85. The summed E-state index contributed by atoms with van der Waals surface area (Å²) in [7, 11) is 0. The molecule has 20 heavy (non-hydrogen) atoms. The van der Waals surface area contributed by atoms with E-state index in [0.29, 0.717) is 5.02 Å². The lowest BCUT2D eigenvalue weighted by atomic mass is 10.2. The molecule has 1 heterocycles. The minimum Gasteiger partial charge on any atom is -0.480 e. The Kier molecular flexibility index (Phi) is 4.42. The number of hydrogen-bond donors (Lipinski definition) is 2.